The summed E-state index contributed by atoms with van der Waals surface area (Å²) in [5.74, 6) is 2.64. The van der Waals surface area contributed by atoms with Crippen LogP contribution in [-0.4, -0.2) is 41.1 Å². The van der Waals surface area contributed by atoms with Crippen LogP contribution in [0.5, 0.6) is 0 Å². The van der Waals surface area contributed by atoms with Gasteiger partial charge in [-0.2, -0.15) is 0 Å². The molecule has 0 radical (unpaired) electrons. The molecule has 6 heteroatoms. The topological polar surface area (TPSA) is 45.2 Å². The molecule has 2 aromatic heterocycles. The summed E-state index contributed by atoms with van der Waals surface area (Å²) in [6.45, 7) is 5.46. The first-order valence-electron chi connectivity index (χ1n) is 8.06. The molecule has 24 heavy (non-hydrogen) atoms. The first-order chi connectivity index (χ1) is 11.7. The number of anilines is 2. The average molecular weight is 340 g/mol. The third-order valence-corrected chi connectivity index (χ3v) is 4.50. The van der Waals surface area contributed by atoms with Gasteiger partial charge < -0.3 is 9.80 Å². The van der Waals surface area contributed by atoms with E-state index in [0.717, 1.165) is 43.3 Å². The van der Waals surface area contributed by atoms with Crippen molar-refractivity contribution in [3.8, 4) is 0 Å². The number of halogens is 1. The standard InChI is InChI=1S/C18H18ClN5/c1-13-20-16(19)12-18(21-13)24-10-8-23(9-11-24)17-7-6-14-4-2-3-5-15(14)22-17/h2-7,12H,8-11H2,1H3. The van der Waals surface area contributed by atoms with Crippen molar-refractivity contribution >= 4 is 34.1 Å². The van der Waals surface area contributed by atoms with Crippen molar-refractivity contribution in [2.75, 3.05) is 36.0 Å². The van der Waals surface area contributed by atoms with Crippen molar-refractivity contribution in [3.05, 3.63) is 53.4 Å². The number of benzene rings is 1. The first kappa shape index (κ1) is 15.1. The largest absolute Gasteiger partial charge is 0.353 e. The molecular weight excluding hydrogens is 322 g/mol. The summed E-state index contributed by atoms with van der Waals surface area (Å²) in [7, 11) is 0. The van der Waals surface area contributed by atoms with Crippen LogP contribution < -0.4 is 9.80 Å². The molecule has 1 aliphatic rings. The van der Waals surface area contributed by atoms with Crippen LogP contribution in [-0.2, 0) is 0 Å². The van der Waals surface area contributed by atoms with Gasteiger partial charge in [0.25, 0.3) is 0 Å². The van der Waals surface area contributed by atoms with E-state index in [1.807, 2.05) is 25.1 Å². The second-order valence-electron chi connectivity index (χ2n) is 5.93. The number of rotatable bonds is 2. The molecule has 5 nitrogen and oxygen atoms in total. The highest BCUT2D eigenvalue weighted by Crippen LogP contribution is 2.22. The van der Waals surface area contributed by atoms with E-state index in [1.54, 1.807) is 0 Å². The van der Waals surface area contributed by atoms with E-state index in [-0.39, 0.29) is 0 Å². The minimum atomic E-state index is 0.496. The highest BCUT2D eigenvalue weighted by molar-refractivity contribution is 6.29. The van der Waals surface area contributed by atoms with E-state index < -0.39 is 0 Å². The van der Waals surface area contributed by atoms with Crippen LogP contribution in [0.1, 0.15) is 5.82 Å². The van der Waals surface area contributed by atoms with Crippen LogP contribution in [0.4, 0.5) is 11.6 Å². The number of pyridine rings is 1. The Morgan fingerprint density at radius 2 is 1.54 bits per heavy atom. The maximum absolute atomic E-state index is 6.05. The monoisotopic (exact) mass is 339 g/mol. The van der Waals surface area contributed by atoms with Gasteiger partial charge in [0.15, 0.2) is 0 Å². The number of aromatic nitrogens is 3. The van der Waals surface area contributed by atoms with Crippen LogP contribution in [0.2, 0.25) is 5.15 Å². The number of fused-ring (bicyclic) bond motifs is 1. The summed E-state index contributed by atoms with van der Waals surface area (Å²) in [6, 6.07) is 14.3. The van der Waals surface area contributed by atoms with Crippen LogP contribution >= 0.6 is 11.6 Å². The van der Waals surface area contributed by atoms with Gasteiger partial charge in [-0.1, -0.05) is 29.8 Å². The summed E-state index contributed by atoms with van der Waals surface area (Å²) in [5.41, 5.74) is 1.04. The minimum absolute atomic E-state index is 0.496. The lowest BCUT2D eigenvalue weighted by atomic mass is 10.2. The Hall–Kier alpha value is -2.40. The summed E-state index contributed by atoms with van der Waals surface area (Å²) in [4.78, 5) is 18.0. The molecule has 3 heterocycles. The number of nitrogens with zero attached hydrogens (tertiary/aromatic N) is 5. The molecule has 0 saturated carbocycles. The molecule has 3 aromatic rings. The first-order valence-corrected chi connectivity index (χ1v) is 8.44. The smallest absolute Gasteiger partial charge is 0.134 e. The minimum Gasteiger partial charge on any atom is -0.353 e. The molecule has 122 valence electrons. The van der Waals surface area contributed by atoms with Crippen molar-refractivity contribution < 1.29 is 0 Å². The Bertz CT molecular complexity index is 854. The zero-order valence-corrected chi connectivity index (χ0v) is 14.2. The maximum atomic E-state index is 6.05. The van der Waals surface area contributed by atoms with Gasteiger partial charge >= 0.3 is 0 Å². The lowest BCUT2D eigenvalue weighted by Gasteiger charge is -2.36. The molecule has 1 saturated heterocycles. The third kappa shape index (κ3) is 2.99. The lowest BCUT2D eigenvalue weighted by molar-refractivity contribution is 0.641. The fourth-order valence-corrected chi connectivity index (χ4v) is 3.29. The van der Waals surface area contributed by atoms with Gasteiger partial charge in [0.2, 0.25) is 0 Å². The molecule has 0 unspecified atom stereocenters. The van der Waals surface area contributed by atoms with Crippen molar-refractivity contribution in [1.82, 2.24) is 15.0 Å². The van der Waals surface area contributed by atoms with Gasteiger partial charge in [-0.25, -0.2) is 15.0 Å². The number of para-hydroxylation sites is 1. The van der Waals surface area contributed by atoms with E-state index in [1.165, 1.54) is 5.39 Å². The van der Waals surface area contributed by atoms with Crippen molar-refractivity contribution in [2.45, 2.75) is 6.92 Å². The molecule has 0 aliphatic carbocycles. The Labute approximate surface area is 145 Å². The van der Waals surface area contributed by atoms with E-state index >= 15 is 0 Å². The van der Waals surface area contributed by atoms with Crippen molar-refractivity contribution in [2.24, 2.45) is 0 Å². The van der Waals surface area contributed by atoms with Gasteiger partial charge in [-0.3, -0.25) is 0 Å². The number of hydrogen-bond donors (Lipinski definition) is 0. The normalized spacial score (nSPS) is 15.1. The second kappa shape index (κ2) is 6.24. The molecular formula is C18H18ClN5. The van der Waals surface area contributed by atoms with E-state index in [2.05, 4.69) is 44.0 Å². The number of hydrogen-bond acceptors (Lipinski definition) is 5. The van der Waals surface area contributed by atoms with Crippen LogP contribution in [0.3, 0.4) is 0 Å². The van der Waals surface area contributed by atoms with Crippen LogP contribution in [0.15, 0.2) is 42.5 Å². The number of piperazine rings is 1. The van der Waals surface area contributed by atoms with Crippen LogP contribution in [0, 0.1) is 6.92 Å². The Kier molecular flexibility index (Phi) is 3.94. The van der Waals surface area contributed by atoms with Gasteiger partial charge in [0.05, 0.1) is 5.52 Å². The van der Waals surface area contributed by atoms with Crippen molar-refractivity contribution in [1.29, 1.82) is 0 Å². The summed E-state index contributed by atoms with van der Waals surface area (Å²) >= 11 is 6.05. The van der Waals surface area contributed by atoms with E-state index in [4.69, 9.17) is 16.6 Å². The Morgan fingerprint density at radius 1 is 0.833 bits per heavy atom. The highest BCUT2D eigenvalue weighted by atomic mass is 35.5. The average Bonchev–Trinajstić information content (AvgIpc) is 2.61. The molecule has 1 aromatic carbocycles. The predicted octanol–water partition coefficient (Wildman–Crippen LogP) is 3.31. The molecule has 1 fully saturated rings. The summed E-state index contributed by atoms with van der Waals surface area (Å²) < 4.78 is 0. The molecule has 0 spiro atoms. The van der Waals surface area contributed by atoms with Gasteiger partial charge in [-0.05, 0) is 25.1 Å². The fourth-order valence-electron chi connectivity index (χ4n) is 3.07. The van der Waals surface area contributed by atoms with E-state index in [0.29, 0.717) is 11.0 Å². The third-order valence-electron chi connectivity index (χ3n) is 4.30. The molecule has 0 atom stereocenters. The van der Waals surface area contributed by atoms with Gasteiger partial charge in [0, 0.05) is 37.6 Å². The molecule has 1 aliphatic heterocycles. The highest BCUT2D eigenvalue weighted by Gasteiger charge is 2.20. The SMILES string of the molecule is Cc1nc(Cl)cc(N2CCN(c3ccc4ccccc4n3)CC2)n1. The second-order valence-corrected chi connectivity index (χ2v) is 6.32. The zero-order chi connectivity index (χ0) is 16.5. The fraction of sp³-hybridized carbons (Fsp3) is 0.278. The molecule has 0 bridgehead atoms. The van der Waals surface area contributed by atoms with Gasteiger partial charge in [-0.15, -0.1) is 0 Å². The maximum Gasteiger partial charge on any atom is 0.134 e. The van der Waals surface area contributed by atoms with Crippen LogP contribution in [0.25, 0.3) is 10.9 Å². The zero-order valence-electron chi connectivity index (χ0n) is 13.5. The molecule has 0 N–H and O–H groups in total. The number of aryl methyl sites for hydroxylation is 1. The predicted molar refractivity (Wildman–Crippen MR) is 97.9 cm³/mol. The summed E-state index contributed by atoms with van der Waals surface area (Å²) in [6.07, 6.45) is 0. The summed E-state index contributed by atoms with van der Waals surface area (Å²) in [5, 5.41) is 1.67. The van der Waals surface area contributed by atoms with Crippen molar-refractivity contribution in [3.63, 3.8) is 0 Å². The lowest BCUT2D eigenvalue weighted by Crippen LogP contribution is -2.47. The Balaban J connectivity index is 1.50. The quantitative estimate of drug-likeness (QED) is 0.670. The Morgan fingerprint density at radius 3 is 2.29 bits per heavy atom. The molecule has 4 rings (SSSR count). The van der Waals surface area contributed by atoms with Gasteiger partial charge in [0.1, 0.15) is 22.6 Å². The molecule has 0 amide bonds. The van der Waals surface area contributed by atoms with E-state index in [9.17, 15) is 0 Å².